The normalized spacial score (nSPS) is 18.5. The molecule has 0 atom stereocenters. The van der Waals surface area contributed by atoms with Crippen molar-refractivity contribution < 1.29 is 13.7 Å². The van der Waals surface area contributed by atoms with Crippen LogP contribution in [0, 0.1) is 0 Å². The molecule has 0 amide bonds. The van der Waals surface area contributed by atoms with E-state index in [-0.39, 0.29) is 0 Å². The Kier molecular flexibility index (Phi) is 6.89. The van der Waals surface area contributed by atoms with Gasteiger partial charge in [0.1, 0.15) is 0 Å². The van der Waals surface area contributed by atoms with Crippen LogP contribution in [0.25, 0.3) is 0 Å². The fraction of sp³-hybridized carbons (Fsp3) is 1.00. The van der Waals surface area contributed by atoms with Crippen LogP contribution >= 0.6 is 0 Å². The summed E-state index contributed by atoms with van der Waals surface area (Å²) in [5.74, 6) is 0. The summed E-state index contributed by atoms with van der Waals surface area (Å²) in [5, 5.41) is 0. The molecule has 1 heterocycles. The van der Waals surface area contributed by atoms with Crippen molar-refractivity contribution in [3.8, 4) is 0 Å². The highest BCUT2D eigenvalue weighted by atomic mass is 32.1. The van der Waals surface area contributed by atoms with E-state index in [4.69, 9.17) is 13.7 Å². The van der Waals surface area contributed by atoms with E-state index in [0.717, 1.165) is 26.4 Å². The fourth-order valence-electron chi connectivity index (χ4n) is 0.440. The maximum Gasteiger partial charge on any atom is 0.197 e. The topological polar surface area (TPSA) is 35.5 Å². The summed E-state index contributed by atoms with van der Waals surface area (Å²) < 4.78 is 17.7. The highest BCUT2D eigenvalue weighted by Crippen LogP contribution is 1.85. The molecule has 1 fully saturated rings. The van der Waals surface area contributed by atoms with E-state index in [0.29, 0.717) is 0 Å². The van der Waals surface area contributed by atoms with Crippen LogP contribution in [0.4, 0.5) is 0 Å². The largest absolute Gasteiger partial charge is 0.377 e. The van der Waals surface area contributed by atoms with Gasteiger partial charge in [0.15, 0.2) is 12.5 Å². The Morgan fingerprint density at radius 2 is 1.12 bits per heavy atom. The van der Waals surface area contributed by atoms with Crippen molar-refractivity contribution in [3.63, 3.8) is 0 Å². The molecule has 0 bridgehead atoms. The lowest BCUT2D eigenvalue weighted by Crippen LogP contribution is -2.16. The second-order valence-corrected chi connectivity index (χ2v) is 1.22. The standard InChI is InChI=1S/C4H8O2.OS/c1-2-6-4-3-5-1;1-2/h1-4H2;. The van der Waals surface area contributed by atoms with Gasteiger partial charge in [0, 0.05) is 0 Å². The van der Waals surface area contributed by atoms with E-state index in [1.807, 2.05) is 0 Å². The molecule has 8 heavy (non-hydrogen) atoms. The van der Waals surface area contributed by atoms with Crippen LogP contribution in [-0.4, -0.2) is 30.6 Å². The van der Waals surface area contributed by atoms with Crippen LogP contribution in [0.15, 0.2) is 0 Å². The Morgan fingerprint density at radius 1 is 0.875 bits per heavy atom. The fourth-order valence-corrected chi connectivity index (χ4v) is 0.440. The molecular formula is C4H8O3S. The predicted molar refractivity (Wildman–Crippen MR) is 29.8 cm³/mol. The van der Waals surface area contributed by atoms with Crippen LogP contribution in [0.3, 0.4) is 0 Å². The molecule has 0 aromatic rings. The first-order chi connectivity index (χ1) is 4.00. The highest BCUT2D eigenvalue weighted by molar-refractivity contribution is 7.44. The second-order valence-electron chi connectivity index (χ2n) is 1.22. The summed E-state index contributed by atoms with van der Waals surface area (Å²) in [5.41, 5.74) is 0. The van der Waals surface area contributed by atoms with Crippen molar-refractivity contribution in [1.82, 2.24) is 0 Å². The third kappa shape index (κ3) is 4.11. The molecule has 1 aliphatic rings. The average Bonchev–Trinajstić information content (AvgIpc) is 1.96. The van der Waals surface area contributed by atoms with Gasteiger partial charge in [0.05, 0.1) is 26.4 Å². The lowest BCUT2D eigenvalue weighted by Gasteiger charge is -2.09. The van der Waals surface area contributed by atoms with E-state index >= 15 is 0 Å². The summed E-state index contributed by atoms with van der Waals surface area (Å²) in [6.45, 7) is 3.11. The zero-order valence-corrected chi connectivity index (χ0v) is 5.28. The number of rotatable bonds is 0. The SMILES string of the molecule is C1COCCO1.O=S. The van der Waals surface area contributed by atoms with Gasteiger partial charge in [-0.1, -0.05) is 0 Å². The average molecular weight is 136 g/mol. The summed E-state index contributed by atoms with van der Waals surface area (Å²) in [6, 6.07) is 0. The number of hydrogen-bond donors (Lipinski definition) is 0. The van der Waals surface area contributed by atoms with Crippen LogP contribution in [-0.2, 0) is 22.0 Å². The van der Waals surface area contributed by atoms with E-state index in [9.17, 15) is 0 Å². The lowest BCUT2D eigenvalue weighted by atomic mass is 10.6. The first kappa shape index (κ1) is 7.94. The van der Waals surface area contributed by atoms with Crippen molar-refractivity contribution in [2.24, 2.45) is 0 Å². The Balaban J connectivity index is 0.000000222. The summed E-state index contributed by atoms with van der Waals surface area (Å²) in [4.78, 5) is 0. The molecule has 0 aliphatic carbocycles. The maximum atomic E-state index is 7.83. The Morgan fingerprint density at radius 3 is 1.25 bits per heavy atom. The minimum absolute atomic E-state index is 0.778. The third-order valence-electron chi connectivity index (χ3n) is 0.744. The smallest absolute Gasteiger partial charge is 0.197 e. The van der Waals surface area contributed by atoms with Gasteiger partial charge in [-0.2, -0.15) is 4.21 Å². The molecule has 3 nitrogen and oxygen atoms in total. The number of hydrogen-bond acceptors (Lipinski definition) is 4. The van der Waals surface area contributed by atoms with Gasteiger partial charge in [-0.3, -0.25) is 0 Å². The van der Waals surface area contributed by atoms with Crippen LogP contribution < -0.4 is 0 Å². The van der Waals surface area contributed by atoms with Crippen LogP contribution in [0.1, 0.15) is 0 Å². The Hall–Kier alpha value is -0.0600. The van der Waals surface area contributed by atoms with E-state index < -0.39 is 0 Å². The zero-order chi connectivity index (χ0) is 6.24. The van der Waals surface area contributed by atoms with E-state index in [1.54, 1.807) is 0 Å². The van der Waals surface area contributed by atoms with Crippen molar-refractivity contribution >= 4 is 12.5 Å². The lowest BCUT2D eigenvalue weighted by molar-refractivity contribution is -0.0334. The third-order valence-corrected chi connectivity index (χ3v) is 0.744. The van der Waals surface area contributed by atoms with E-state index in [1.165, 1.54) is 0 Å². The molecule has 0 aromatic heterocycles. The molecule has 0 N–H and O–H groups in total. The van der Waals surface area contributed by atoms with Crippen molar-refractivity contribution in [2.75, 3.05) is 26.4 Å². The van der Waals surface area contributed by atoms with Crippen LogP contribution in [0.2, 0.25) is 0 Å². The van der Waals surface area contributed by atoms with E-state index in [2.05, 4.69) is 12.5 Å². The van der Waals surface area contributed by atoms with Gasteiger partial charge < -0.3 is 9.47 Å². The Bertz CT molecular complexity index is 35.0. The van der Waals surface area contributed by atoms with Crippen molar-refractivity contribution in [3.05, 3.63) is 0 Å². The molecule has 1 saturated heterocycles. The van der Waals surface area contributed by atoms with Crippen molar-refractivity contribution in [2.45, 2.75) is 0 Å². The van der Waals surface area contributed by atoms with Crippen LogP contribution in [0.5, 0.6) is 0 Å². The minimum Gasteiger partial charge on any atom is -0.377 e. The molecular weight excluding hydrogens is 128 g/mol. The molecule has 0 spiro atoms. The monoisotopic (exact) mass is 136 g/mol. The minimum atomic E-state index is 0.778. The Labute approximate surface area is 53.5 Å². The predicted octanol–water partition coefficient (Wildman–Crippen LogP) is -0.303. The molecule has 1 rings (SSSR count). The maximum absolute atomic E-state index is 7.83. The molecule has 1 aliphatic heterocycles. The molecule has 48 valence electrons. The van der Waals surface area contributed by atoms with Crippen molar-refractivity contribution in [1.29, 1.82) is 0 Å². The highest BCUT2D eigenvalue weighted by Gasteiger charge is 1.94. The summed E-state index contributed by atoms with van der Waals surface area (Å²) in [6.07, 6.45) is 0. The quantitative estimate of drug-likeness (QED) is 0.458. The first-order valence-corrected chi connectivity index (χ1v) is 2.65. The van der Waals surface area contributed by atoms with Gasteiger partial charge >= 0.3 is 0 Å². The molecule has 4 heteroatoms. The number of ether oxygens (including phenoxy) is 2. The van der Waals surface area contributed by atoms with Gasteiger partial charge in [0.25, 0.3) is 0 Å². The molecule has 0 saturated carbocycles. The van der Waals surface area contributed by atoms with Gasteiger partial charge in [-0.05, 0) is 0 Å². The van der Waals surface area contributed by atoms with Gasteiger partial charge in [0.2, 0.25) is 0 Å². The zero-order valence-electron chi connectivity index (χ0n) is 4.46. The summed E-state index contributed by atoms with van der Waals surface area (Å²) >= 11 is 2.83. The molecule has 0 unspecified atom stereocenters. The molecule has 0 radical (unpaired) electrons. The summed E-state index contributed by atoms with van der Waals surface area (Å²) in [7, 11) is 0. The first-order valence-electron chi connectivity index (χ1n) is 2.32. The van der Waals surface area contributed by atoms with Gasteiger partial charge in [-0.25, -0.2) is 0 Å². The second kappa shape index (κ2) is 6.94. The van der Waals surface area contributed by atoms with Gasteiger partial charge in [-0.15, -0.1) is 0 Å². The molecule has 0 aromatic carbocycles.